The Kier molecular flexibility index (Phi) is 8.50. The van der Waals surface area contributed by atoms with Gasteiger partial charge in [0.05, 0.1) is 25.4 Å². The normalized spacial score (nSPS) is 19.3. The van der Waals surface area contributed by atoms with Gasteiger partial charge in [-0.2, -0.15) is 0 Å². The van der Waals surface area contributed by atoms with Crippen LogP contribution in [0.3, 0.4) is 0 Å². The second-order valence-electron chi connectivity index (χ2n) is 9.71. The van der Waals surface area contributed by atoms with Crippen molar-refractivity contribution in [2.24, 2.45) is 0 Å². The van der Waals surface area contributed by atoms with Crippen LogP contribution in [0, 0.1) is 13.8 Å². The molecule has 7 heteroatoms. The van der Waals surface area contributed by atoms with Gasteiger partial charge in [-0.15, -0.1) is 0 Å². The van der Waals surface area contributed by atoms with Crippen molar-refractivity contribution in [2.45, 2.75) is 84.8 Å². The number of carbonyl (C=O) groups excluding carboxylic acids is 1. The highest BCUT2D eigenvalue weighted by molar-refractivity contribution is 5.97. The molecule has 1 saturated heterocycles. The van der Waals surface area contributed by atoms with Gasteiger partial charge in [-0.25, -0.2) is 4.79 Å². The van der Waals surface area contributed by atoms with Crippen molar-refractivity contribution in [1.29, 1.82) is 0 Å². The number of rotatable bonds is 8. The molecule has 31 heavy (non-hydrogen) atoms. The third-order valence-corrected chi connectivity index (χ3v) is 5.84. The molecule has 1 aliphatic rings. The van der Waals surface area contributed by atoms with Crippen molar-refractivity contribution in [3.8, 4) is 0 Å². The van der Waals surface area contributed by atoms with Crippen molar-refractivity contribution in [3.63, 3.8) is 0 Å². The Hall–Kier alpha value is -1.67. The van der Waals surface area contributed by atoms with Crippen LogP contribution in [0.15, 0.2) is 18.7 Å². The second-order valence-corrected chi connectivity index (χ2v) is 10.3. The van der Waals surface area contributed by atoms with E-state index in [4.69, 9.17) is 18.6 Å². The molecule has 0 radical (unpaired) electrons. The summed E-state index contributed by atoms with van der Waals surface area (Å²) in [5, 5.41) is 3.05. The van der Waals surface area contributed by atoms with Gasteiger partial charge in [-0.05, 0) is 60.9 Å². The number of hydrogen-bond acceptors (Lipinski definition) is 5. The zero-order valence-electron chi connectivity index (χ0n) is 20.4. The molecular weight excluding hydrogens is 410 g/mol. The lowest BCUT2D eigenvalue weighted by Crippen LogP contribution is -2.34. The Labute approximate surface area is 190 Å². The van der Waals surface area contributed by atoms with E-state index in [1.807, 2.05) is 13.8 Å². The molecule has 0 spiro atoms. The molecule has 0 aromatic heterocycles. The molecule has 174 valence electrons. The molecule has 0 saturated carbocycles. The Balaban J connectivity index is 2.49. The molecule has 1 heterocycles. The van der Waals surface area contributed by atoms with Gasteiger partial charge >= 0.3 is 6.09 Å². The average molecular weight is 450 g/mol. The van der Waals surface area contributed by atoms with Crippen molar-refractivity contribution < 1.29 is 23.4 Å². The molecule has 2 rings (SSSR count). The van der Waals surface area contributed by atoms with Gasteiger partial charge in [-0.3, -0.25) is 0 Å². The molecule has 1 aliphatic heterocycles. The fraction of sp³-hybridized carbons (Fsp3) is 0.625. The minimum absolute atomic E-state index is 0.00482. The van der Waals surface area contributed by atoms with Gasteiger partial charge in [-0.1, -0.05) is 39.5 Å². The number of hydrogen-bond donors (Lipinski definition) is 1. The summed E-state index contributed by atoms with van der Waals surface area (Å²) in [6.07, 6.45) is 1.52. The van der Waals surface area contributed by atoms with Gasteiger partial charge in [0.1, 0.15) is 17.1 Å². The summed E-state index contributed by atoms with van der Waals surface area (Å²) >= 11 is 0. The van der Waals surface area contributed by atoms with Crippen LogP contribution in [-0.2, 0) is 30.7 Å². The Morgan fingerprint density at radius 3 is 2.61 bits per heavy atom. The van der Waals surface area contributed by atoms with E-state index < -0.39 is 11.9 Å². The molecular formula is C24H39NO5Si. The van der Waals surface area contributed by atoms with E-state index in [1.165, 1.54) is 16.7 Å². The zero-order chi connectivity index (χ0) is 23.4. The van der Waals surface area contributed by atoms with Gasteiger partial charge < -0.3 is 24.0 Å². The first-order valence-electron chi connectivity index (χ1n) is 10.9. The first-order valence-corrected chi connectivity index (χ1v) is 11.7. The maximum atomic E-state index is 12.5. The Bertz CT molecular complexity index is 800. The molecule has 6 nitrogen and oxygen atoms in total. The lowest BCUT2D eigenvalue weighted by Gasteiger charge is -2.31. The minimum Gasteiger partial charge on any atom is -0.445 e. The molecule has 1 fully saturated rings. The number of carbonyl (C=O) groups is 1. The summed E-state index contributed by atoms with van der Waals surface area (Å²) in [5.74, 6) is -0.624. The molecule has 1 N–H and O–H groups in total. The number of ether oxygens (including phenoxy) is 3. The quantitative estimate of drug-likeness (QED) is 0.482. The standard InChI is InChI=1S/C24H39NO5Si/c1-9-10-27-22(26)25-20(12-17-13-28-24(7,8)30-17)18-11-15(2)21(23(4,5)6)16(3)19(18)14-29-31/h9,11,17,20H,1,10,12-14H2,2-8,31H3,(H,25,26). The third kappa shape index (κ3) is 6.65. The summed E-state index contributed by atoms with van der Waals surface area (Å²) in [6.45, 7) is 19.5. The summed E-state index contributed by atoms with van der Waals surface area (Å²) in [7, 11) is 0.635. The zero-order valence-corrected chi connectivity index (χ0v) is 22.4. The smallest absolute Gasteiger partial charge is 0.407 e. The van der Waals surface area contributed by atoms with Crippen LogP contribution in [0.4, 0.5) is 4.79 Å². The van der Waals surface area contributed by atoms with Gasteiger partial charge in [0.15, 0.2) is 5.79 Å². The van der Waals surface area contributed by atoms with E-state index in [0.29, 0.717) is 30.1 Å². The van der Waals surface area contributed by atoms with Gasteiger partial charge in [0.25, 0.3) is 0 Å². The van der Waals surface area contributed by atoms with Crippen LogP contribution in [0.5, 0.6) is 0 Å². The van der Waals surface area contributed by atoms with E-state index in [9.17, 15) is 4.79 Å². The van der Waals surface area contributed by atoms with Crippen LogP contribution in [0.1, 0.15) is 74.9 Å². The lowest BCUT2D eigenvalue weighted by atomic mass is 9.77. The first-order chi connectivity index (χ1) is 14.4. The second kappa shape index (κ2) is 10.3. The number of amides is 1. The maximum Gasteiger partial charge on any atom is 0.407 e. The fourth-order valence-corrected chi connectivity index (χ4v) is 4.87. The summed E-state index contributed by atoms with van der Waals surface area (Å²) in [5.41, 5.74) is 5.91. The minimum atomic E-state index is -0.624. The lowest BCUT2D eigenvalue weighted by molar-refractivity contribution is -0.139. The predicted molar refractivity (Wildman–Crippen MR) is 126 cm³/mol. The molecule has 1 aromatic rings. The maximum absolute atomic E-state index is 12.5. The van der Waals surface area contributed by atoms with Crippen LogP contribution in [-0.4, -0.2) is 41.7 Å². The van der Waals surface area contributed by atoms with Crippen LogP contribution >= 0.6 is 0 Å². The van der Waals surface area contributed by atoms with E-state index in [-0.39, 0.29) is 24.2 Å². The molecule has 2 unspecified atom stereocenters. The monoisotopic (exact) mass is 449 g/mol. The molecule has 2 atom stereocenters. The molecule has 1 amide bonds. The Morgan fingerprint density at radius 2 is 2.10 bits per heavy atom. The van der Waals surface area contributed by atoms with Crippen LogP contribution in [0.25, 0.3) is 0 Å². The molecule has 1 aromatic carbocycles. The topological polar surface area (TPSA) is 66.0 Å². The third-order valence-electron chi connectivity index (χ3n) is 5.55. The number of benzene rings is 1. The van der Waals surface area contributed by atoms with E-state index in [0.717, 1.165) is 11.1 Å². The molecule has 0 bridgehead atoms. The average Bonchev–Trinajstić information content (AvgIpc) is 2.99. The largest absolute Gasteiger partial charge is 0.445 e. The van der Waals surface area contributed by atoms with Crippen LogP contribution in [0.2, 0.25) is 0 Å². The molecule has 0 aliphatic carbocycles. The summed E-state index contributed by atoms with van der Waals surface area (Å²) in [6, 6.07) is 1.89. The van der Waals surface area contributed by atoms with E-state index >= 15 is 0 Å². The Morgan fingerprint density at radius 1 is 1.42 bits per heavy atom. The highest BCUT2D eigenvalue weighted by Gasteiger charge is 2.36. The van der Waals surface area contributed by atoms with Crippen molar-refractivity contribution >= 4 is 16.6 Å². The van der Waals surface area contributed by atoms with Crippen LogP contribution < -0.4 is 5.32 Å². The number of alkyl carbamates (subject to hydrolysis) is 1. The van der Waals surface area contributed by atoms with Crippen molar-refractivity contribution in [2.75, 3.05) is 13.2 Å². The van der Waals surface area contributed by atoms with Crippen molar-refractivity contribution in [3.05, 3.63) is 46.5 Å². The number of nitrogens with one attached hydrogen (secondary N) is 1. The fourth-order valence-electron chi connectivity index (χ4n) is 4.58. The van der Waals surface area contributed by atoms with Gasteiger partial charge in [0, 0.05) is 6.42 Å². The van der Waals surface area contributed by atoms with Crippen molar-refractivity contribution in [1.82, 2.24) is 5.32 Å². The highest BCUT2D eigenvalue weighted by Crippen LogP contribution is 2.37. The summed E-state index contributed by atoms with van der Waals surface area (Å²) in [4.78, 5) is 12.5. The predicted octanol–water partition coefficient (Wildman–Crippen LogP) is 3.89. The van der Waals surface area contributed by atoms with E-state index in [2.05, 4.69) is 52.6 Å². The summed E-state index contributed by atoms with van der Waals surface area (Å²) < 4.78 is 22.7. The van der Waals surface area contributed by atoms with E-state index in [1.54, 1.807) is 6.08 Å². The first kappa shape index (κ1) is 25.6. The SMILES string of the molecule is C=CCOC(=O)NC(CC1COC(C)(C)O1)c1cc(C)c(C(C)(C)C)c(C)c1CO[SiH3]. The highest BCUT2D eigenvalue weighted by atomic mass is 28.2. The number of aryl methyl sites for hydroxylation is 1. The van der Waals surface area contributed by atoms with Gasteiger partial charge in [0.2, 0.25) is 0 Å².